The van der Waals surface area contributed by atoms with Crippen LogP contribution in [-0.4, -0.2) is 106 Å². The van der Waals surface area contributed by atoms with Gasteiger partial charge in [0, 0.05) is 41.6 Å². The van der Waals surface area contributed by atoms with Crippen molar-refractivity contribution >= 4 is 73.0 Å². The Bertz CT molecular complexity index is 2920. The van der Waals surface area contributed by atoms with E-state index in [9.17, 15) is 51.6 Å². The molecule has 19 heteroatoms. The van der Waals surface area contributed by atoms with Gasteiger partial charge in [-0.25, -0.2) is 0 Å². The van der Waals surface area contributed by atoms with Crippen LogP contribution in [0.1, 0.15) is 107 Å². The van der Waals surface area contributed by atoms with Gasteiger partial charge in [0.1, 0.15) is 35.5 Å². The fourth-order valence-corrected chi connectivity index (χ4v) is 10.7. The fraction of sp³-hybridized carbons (Fsp3) is 0.400. The minimum atomic E-state index is -4.32. The fourth-order valence-electron chi connectivity index (χ4n) is 9.06. The molecule has 0 aliphatic carbocycles. The van der Waals surface area contributed by atoms with Crippen LogP contribution in [-0.2, 0) is 57.5 Å². The van der Waals surface area contributed by atoms with Crippen molar-refractivity contribution in [1.82, 2.24) is 31.5 Å². The van der Waals surface area contributed by atoms with Crippen molar-refractivity contribution in [2.75, 3.05) is 6.54 Å². The number of hydrogen-bond acceptors (Lipinski definition) is 10. The Kier molecular flexibility index (Phi) is 18.9. The third kappa shape index (κ3) is 15.5. The summed E-state index contributed by atoms with van der Waals surface area (Å²) in [5, 5.41) is 26.4. The number of nitrogens with one attached hydrogen (secondary N) is 5. The summed E-state index contributed by atoms with van der Waals surface area (Å²) in [5.74, 6) is -5.30. The standard InChI is InChI=1S/C55H66N6O11S2/c1-6-14-43(57-49(65)44(31-35-21-23-36(24-22-35)34-74(70,71)72)58-48(64)39-27-25-38(26-28-39)37-15-8-7-9-16-37)52(68)61-30-13-29-55(61,5)53(69)59-45(32-40-33-73-46-19-11-10-17-41(40)46)50(66)56-42(18-12-20-47(62)63)51(67)60-54(2,3)4/h7-11,15-17,19,21-28,33,42-45H,6,12-14,18,20,29-32,34H2,1-5H3,(H,56,66)(H,57,65)(H,58,64)(H,59,69)(H,60,67)(H,62,63)(H,70,71,72)/t42-,43-,44-,45-,55-/m0/s1. The molecule has 4 aromatic carbocycles. The molecule has 1 aromatic heterocycles. The number of carboxylic acids is 1. The molecular weight excluding hydrogens is 985 g/mol. The Balaban J connectivity index is 1.24. The minimum absolute atomic E-state index is 0.0161. The average Bonchev–Trinajstić information content (AvgIpc) is 3.96. The van der Waals surface area contributed by atoms with Crippen molar-refractivity contribution in [2.45, 2.75) is 133 Å². The van der Waals surface area contributed by atoms with E-state index in [-0.39, 0.29) is 57.1 Å². The number of amides is 6. The van der Waals surface area contributed by atoms with E-state index in [1.807, 2.05) is 66.9 Å². The minimum Gasteiger partial charge on any atom is -0.481 e. The normalized spacial score (nSPS) is 16.3. The van der Waals surface area contributed by atoms with Gasteiger partial charge < -0.3 is 36.6 Å². The van der Waals surface area contributed by atoms with Crippen LogP contribution >= 0.6 is 11.3 Å². The summed E-state index contributed by atoms with van der Waals surface area (Å²) in [4.78, 5) is 98.9. The molecule has 1 aliphatic rings. The summed E-state index contributed by atoms with van der Waals surface area (Å²) in [6.45, 7) is 8.93. The molecule has 394 valence electrons. The van der Waals surface area contributed by atoms with Crippen molar-refractivity contribution in [3.63, 3.8) is 0 Å². The van der Waals surface area contributed by atoms with Gasteiger partial charge in [-0.2, -0.15) is 8.42 Å². The van der Waals surface area contributed by atoms with Gasteiger partial charge in [-0.05, 0) is 117 Å². The van der Waals surface area contributed by atoms with Crippen LogP contribution in [0.15, 0.2) is 109 Å². The molecule has 0 saturated carbocycles. The van der Waals surface area contributed by atoms with Crippen LogP contribution in [0.25, 0.3) is 21.2 Å². The molecule has 5 atom stereocenters. The van der Waals surface area contributed by atoms with E-state index in [0.717, 1.165) is 26.8 Å². The third-order valence-electron chi connectivity index (χ3n) is 12.9. The summed E-state index contributed by atoms with van der Waals surface area (Å²) >= 11 is 1.47. The quantitative estimate of drug-likeness (QED) is 0.0355. The number of fused-ring (bicyclic) bond motifs is 1. The Labute approximate surface area is 436 Å². The lowest BCUT2D eigenvalue weighted by Gasteiger charge is -2.37. The smallest absolute Gasteiger partial charge is 0.303 e. The number of carbonyl (C=O) groups excluding carboxylic acids is 6. The second-order valence-electron chi connectivity index (χ2n) is 20.0. The maximum atomic E-state index is 14.8. The number of carbonyl (C=O) groups is 7. The van der Waals surface area contributed by atoms with Crippen LogP contribution < -0.4 is 26.6 Å². The number of benzene rings is 4. The highest BCUT2D eigenvalue weighted by Gasteiger charge is 2.48. The monoisotopic (exact) mass is 1050 g/mol. The van der Waals surface area contributed by atoms with Crippen LogP contribution in [0.3, 0.4) is 0 Å². The lowest BCUT2D eigenvalue weighted by molar-refractivity contribution is -0.147. The van der Waals surface area contributed by atoms with E-state index in [2.05, 4.69) is 26.6 Å². The summed E-state index contributed by atoms with van der Waals surface area (Å²) in [7, 11) is -4.32. The van der Waals surface area contributed by atoms with Crippen LogP contribution in [0, 0.1) is 0 Å². The van der Waals surface area contributed by atoms with Crippen molar-refractivity contribution in [2.24, 2.45) is 0 Å². The van der Waals surface area contributed by atoms with Crippen molar-refractivity contribution in [3.8, 4) is 11.1 Å². The van der Waals surface area contributed by atoms with E-state index >= 15 is 0 Å². The van der Waals surface area contributed by atoms with Gasteiger partial charge in [-0.1, -0.05) is 98.3 Å². The summed E-state index contributed by atoms with van der Waals surface area (Å²) < 4.78 is 33.5. The second kappa shape index (κ2) is 24.8. The van der Waals surface area contributed by atoms with Crippen molar-refractivity contribution in [1.29, 1.82) is 0 Å². The first kappa shape index (κ1) is 56.3. The van der Waals surface area contributed by atoms with Gasteiger partial charge in [0.15, 0.2) is 0 Å². The number of carboxylic acid groups (broad SMARTS) is 1. The van der Waals surface area contributed by atoms with Crippen molar-refractivity contribution < 1.29 is 51.6 Å². The van der Waals surface area contributed by atoms with E-state index in [1.165, 1.54) is 28.4 Å². The Morgan fingerprint density at radius 3 is 1.96 bits per heavy atom. The number of thiophene rings is 1. The second-order valence-corrected chi connectivity index (χ2v) is 22.4. The maximum Gasteiger partial charge on any atom is 0.303 e. The lowest BCUT2D eigenvalue weighted by atomic mass is 9.94. The summed E-state index contributed by atoms with van der Waals surface area (Å²) in [6, 6.07) is 25.4. The molecule has 7 N–H and O–H groups in total. The molecular formula is C55H66N6O11S2. The molecule has 2 heterocycles. The summed E-state index contributed by atoms with van der Waals surface area (Å²) in [6.07, 6.45) is 1.09. The molecule has 6 rings (SSSR count). The van der Waals surface area contributed by atoms with Crippen molar-refractivity contribution in [3.05, 3.63) is 131 Å². The molecule has 0 radical (unpaired) electrons. The van der Waals surface area contributed by atoms with Gasteiger partial charge in [-0.15, -0.1) is 11.3 Å². The molecule has 0 unspecified atom stereocenters. The highest BCUT2D eigenvalue weighted by atomic mass is 32.2. The van der Waals surface area contributed by atoms with Gasteiger partial charge in [0.25, 0.3) is 16.0 Å². The molecule has 17 nitrogen and oxygen atoms in total. The average molecular weight is 1050 g/mol. The summed E-state index contributed by atoms with van der Waals surface area (Å²) in [5.41, 5.74) is 1.53. The molecule has 0 bridgehead atoms. The number of aliphatic carboxylic acids is 1. The molecule has 1 aliphatic heterocycles. The maximum absolute atomic E-state index is 14.8. The first-order chi connectivity index (χ1) is 35.0. The predicted octanol–water partition coefficient (Wildman–Crippen LogP) is 6.35. The first-order valence-electron chi connectivity index (χ1n) is 24.7. The van der Waals surface area contributed by atoms with E-state index in [4.69, 9.17) is 0 Å². The van der Waals surface area contributed by atoms with E-state index in [0.29, 0.717) is 24.0 Å². The Morgan fingerprint density at radius 2 is 1.32 bits per heavy atom. The molecule has 1 saturated heterocycles. The predicted molar refractivity (Wildman–Crippen MR) is 283 cm³/mol. The third-order valence-corrected chi connectivity index (χ3v) is 14.6. The molecule has 74 heavy (non-hydrogen) atoms. The first-order valence-corrected chi connectivity index (χ1v) is 27.2. The van der Waals surface area contributed by atoms with Gasteiger partial charge >= 0.3 is 5.97 Å². The zero-order chi connectivity index (χ0) is 53.8. The SMILES string of the molecule is CCC[C@H](NC(=O)[C@H](Cc1ccc(CS(=O)(=O)O)cc1)NC(=O)c1ccc(-c2ccccc2)cc1)C(=O)N1CCC[C@@]1(C)C(=O)N[C@@H](Cc1csc2ccccc12)C(=O)N[C@@H](CCCC(=O)O)C(=O)NC(C)(C)C. The molecule has 6 amide bonds. The zero-order valence-electron chi connectivity index (χ0n) is 42.3. The number of nitrogens with zero attached hydrogens (tertiary/aromatic N) is 1. The highest BCUT2D eigenvalue weighted by molar-refractivity contribution is 7.85. The van der Waals surface area contributed by atoms with Gasteiger partial charge in [0.2, 0.25) is 29.5 Å². The van der Waals surface area contributed by atoms with Crippen LogP contribution in [0.5, 0.6) is 0 Å². The van der Waals surface area contributed by atoms with E-state index in [1.54, 1.807) is 64.1 Å². The number of likely N-dealkylation sites (tertiary alicyclic amines) is 1. The Morgan fingerprint density at radius 1 is 0.716 bits per heavy atom. The number of rotatable bonds is 23. The van der Waals surface area contributed by atoms with E-state index < -0.39 is 92.5 Å². The lowest BCUT2D eigenvalue weighted by Crippen LogP contribution is -2.63. The molecule has 5 aromatic rings. The topological polar surface area (TPSA) is 257 Å². The van der Waals surface area contributed by atoms with Gasteiger partial charge in [-0.3, -0.25) is 38.1 Å². The van der Waals surface area contributed by atoms with Gasteiger partial charge in [0.05, 0.1) is 0 Å². The zero-order valence-corrected chi connectivity index (χ0v) is 43.9. The van der Waals surface area contributed by atoms with Crippen LogP contribution in [0.2, 0.25) is 0 Å². The number of hydrogen-bond donors (Lipinski definition) is 7. The molecule has 1 fully saturated rings. The Hall–Kier alpha value is -6.96. The largest absolute Gasteiger partial charge is 0.481 e. The molecule has 0 spiro atoms. The van der Waals surface area contributed by atoms with Crippen LogP contribution in [0.4, 0.5) is 0 Å². The highest BCUT2D eigenvalue weighted by Crippen LogP contribution is 2.32.